The standard InChI is InChI=1S/C25H18FIN4OS2/c26-17-11-21-22(12-18(17)27)31-25(30-21)34-13-14-3-5-15(6-4-14)24(32)29-20-10-16(7-8-19(20)28)23-2-1-9-33-23/h1-12H,13,28H2,(H,29,32)(H,30,31). The van der Waals surface area contributed by atoms with Crippen molar-refractivity contribution >= 4 is 74.0 Å². The highest BCUT2D eigenvalue weighted by atomic mass is 127. The minimum Gasteiger partial charge on any atom is -0.397 e. The molecule has 0 bridgehead atoms. The van der Waals surface area contributed by atoms with E-state index < -0.39 is 0 Å². The van der Waals surface area contributed by atoms with Crippen molar-refractivity contribution in [1.29, 1.82) is 0 Å². The molecule has 0 saturated heterocycles. The largest absolute Gasteiger partial charge is 0.397 e. The van der Waals surface area contributed by atoms with E-state index >= 15 is 0 Å². The summed E-state index contributed by atoms with van der Waals surface area (Å²) in [5.74, 6) is 0.171. The number of halogens is 2. The highest BCUT2D eigenvalue weighted by Crippen LogP contribution is 2.30. The van der Waals surface area contributed by atoms with E-state index in [-0.39, 0.29) is 11.7 Å². The fraction of sp³-hybridized carbons (Fsp3) is 0.0400. The molecule has 0 aliphatic carbocycles. The van der Waals surface area contributed by atoms with Gasteiger partial charge in [0.1, 0.15) is 5.82 Å². The molecule has 0 unspecified atom stereocenters. The molecule has 5 aromatic rings. The Hall–Kier alpha value is -2.89. The summed E-state index contributed by atoms with van der Waals surface area (Å²) in [6.07, 6.45) is 0. The number of imidazole rings is 1. The van der Waals surface area contributed by atoms with Gasteiger partial charge in [0.15, 0.2) is 5.16 Å². The first-order chi connectivity index (χ1) is 16.5. The molecular weight excluding hydrogens is 582 g/mol. The van der Waals surface area contributed by atoms with Crippen LogP contribution in [0.4, 0.5) is 15.8 Å². The number of carbonyl (C=O) groups excluding carboxylic acids is 1. The van der Waals surface area contributed by atoms with Gasteiger partial charge in [0.2, 0.25) is 0 Å². The fourth-order valence-corrected chi connectivity index (χ4v) is 5.44. The number of nitrogen functional groups attached to an aromatic ring is 1. The predicted octanol–water partition coefficient (Wildman–Crippen LogP) is 7.16. The van der Waals surface area contributed by atoms with Crippen LogP contribution < -0.4 is 11.1 Å². The zero-order valence-corrected chi connectivity index (χ0v) is 21.4. The van der Waals surface area contributed by atoms with E-state index in [0.717, 1.165) is 26.7 Å². The number of fused-ring (bicyclic) bond motifs is 1. The number of nitrogens with zero attached hydrogens (tertiary/aromatic N) is 1. The number of hydrogen-bond donors (Lipinski definition) is 3. The molecule has 3 aromatic carbocycles. The van der Waals surface area contributed by atoms with E-state index in [0.29, 0.717) is 31.8 Å². The van der Waals surface area contributed by atoms with Crippen LogP contribution >= 0.6 is 45.7 Å². The van der Waals surface area contributed by atoms with Gasteiger partial charge in [-0.2, -0.15) is 0 Å². The molecule has 5 nitrogen and oxygen atoms in total. The Morgan fingerprint density at radius 2 is 1.97 bits per heavy atom. The van der Waals surface area contributed by atoms with E-state index in [9.17, 15) is 9.18 Å². The topological polar surface area (TPSA) is 83.8 Å². The normalized spacial score (nSPS) is 11.1. The second-order valence-corrected chi connectivity index (χ2v) is 10.6. The van der Waals surface area contributed by atoms with Gasteiger partial charge in [-0.05, 0) is 75.5 Å². The van der Waals surface area contributed by atoms with Crippen molar-refractivity contribution in [1.82, 2.24) is 9.97 Å². The van der Waals surface area contributed by atoms with Crippen molar-refractivity contribution in [2.45, 2.75) is 10.9 Å². The van der Waals surface area contributed by atoms with Gasteiger partial charge < -0.3 is 16.0 Å². The molecule has 1 amide bonds. The first-order valence-electron chi connectivity index (χ1n) is 10.3. The summed E-state index contributed by atoms with van der Waals surface area (Å²) in [6, 6.07) is 20.3. The van der Waals surface area contributed by atoms with Crippen molar-refractivity contribution in [2.75, 3.05) is 11.1 Å². The summed E-state index contributed by atoms with van der Waals surface area (Å²) in [5, 5.41) is 5.65. The first kappa shape index (κ1) is 22.9. The number of nitrogens with two attached hydrogens (primary N) is 1. The lowest BCUT2D eigenvalue weighted by atomic mass is 10.1. The number of benzene rings is 3. The number of thioether (sulfide) groups is 1. The minimum absolute atomic E-state index is 0.219. The summed E-state index contributed by atoms with van der Waals surface area (Å²) >= 11 is 5.12. The Morgan fingerprint density at radius 1 is 1.15 bits per heavy atom. The summed E-state index contributed by atoms with van der Waals surface area (Å²) in [6.45, 7) is 0. The SMILES string of the molecule is Nc1ccc(-c2cccs2)cc1NC(=O)c1ccc(CSc2nc3cc(F)c(I)cc3[nH]2)cc1. The molecule has 9 heteroatoms. The summed E-state index contributed by atoms with van der Waals surface area (Å²) in [5.41, 5.74) is 11.2. The van der Waals surface area contributed by atoms with Crippen LogP contribution in [0.25, 0.3) is 21.5 Å². The lowest BCUT2D eigenvalue weighted by molar-refractivity contribution is 0.102. The second kappa shape index (κ2) is 9.77. The maximum atomic E-state index is 13.7. The Bertz CT molecular complexity index is 1440. The van der Waals surface area contributed by atoms with Gasteiger partial charge in [0, 0.05) is 22.3 Å². The van der Waals surface area contributed by atoms with Gasteiger partial charge in [-0.3, -0.25) is 4.79 Å². The van der Waals surface area contributed by atoms with Crippen molar-refractivity contribution < 1.29 is 9.18 Å². The highest BCUT2D eigenvalue weighted by Gasteiger charge is 2.11. The number of aromatic nitrogens is 2. The van der Waals surface area contributed by atoms with Gasteiger partial charge in [-0.25, -0.2) is 9.37 Å². The van der Waals surface area contributed by atoms with Crippen LogP contribution in [-0.4, -0.2) is 15.9 Å². The van der Waals surface area contributed by atoms with Crippen LogP contribution in [0.2, 0.25) is 0 Å². The van der Waals surface area contributed by atoms with E-state index in [2.05, 4.69) is 15.3 Å². The van der Waals surface area contributed by atoms with Crippen LogP contribution in [0.15, 0.2) is 77.3 Å². The lowest BCUT2D eigenvalue weighted by Gasteiger charge is -2.10. The third-order valence-electron chi connectivity index (χ3n) is 5.20. The summed E-state index contributed by atoms with van der Waals surface area (Å²) in [7, 11) is 0. The number of aromatic amines is 1. The zero-order valence-electron chi connectivity index (χ0n) is 17.6. The number of hydrogen-bond acceptors (Lipinski definition) is 5. The summed E-state index contributed by atoms with van der Waals surface area (Å²) in [4.78, 5) is 21.6. The minimum atomic E-state index is -0.273. The van der Waals surface area contributed by atoms with E-state index in [1.54, 1.807) is 35.6 Å². The molecule has 0 aliphatic rings. The monoisotopic (exact) mass is 600 g/mol. The highest BCUT2D eigenvalue weighted by molar-refractivity contribution is 14.1. The third-order valence-corrected chi connectivity index (χ3v) is 7.89. The number of carbonyl (C=O) groups is 1. The molecule has 0 atom stereocenters. The number of amides is 1. The molecule has 2 aromatic heterocycles. The maximum absolute atomic E-state index is 13.7. The van der Waals surface area contributed by atoms with E-state index in [4.69, 9.17) is 5.73 Å². The predicted molar refractivity (Wildman–Crippen MR) is 147 cm³/mol. The third kappa shape index (κ3) is 4.96. The molecule has 5 rings (SSSR count). The molecule has 0 fully saturated rings. The van der Waals surface area contributed by atoms with Gasteiger partial charge in [-0.1, -0.05) is 36.0 Å². The Labute approximate surface area is 217 Å². The quantitative estimate of drug-likeness (QED) is 0.110. The van der Waals surface area contributed by atoms with Crippen LogP contribution in [0.5, 0.6) is 0 Å². The average Bonchev–Trinajstić information content (AvgIpc) is 3.50. The van der Waals surface area contributed by atoms with Crippen molar-refractivity contribution in [3.05, 3.63) is 92.6 Å². The fourth-order valence-electron chi connectivity index (χ4n) is 3.41. The number of rotatable bonds is 6. The van der Waals surface area contributed by atoms with Crippen molar-refractivity contribution in [3.63, 3.8) is 0 Å². The van der Waals surface area contributed by atoms with E-state index in [1.165, 1.54) is 17.8 Å². The maximum Gasteiger partial charge on any atom is 0.255 e. The molecule has 2 heterocycles. The number of anilines is 2. The molecule has 4 N–H and O–H groups in total. The van der Waals surface area contributed by atoms with Crippen LogP contribution in [0.1, 0.15) is 15.9 Å². The van der Waals surface area contributed by atoms with Crippen LogP contribution in [0.3, 0.4) is 0 Å². The van der Waals surface area contributed by atoms with Gasteiger partial charge in [0.05, 0.1) is 26.0 Å². The van der Waals surface area contributed by atoms with Gasteiger partial charge in [-0.15, -0.1) is 11.3 Å². The Kier molecular flexibility index (Phi) is 6.57. The van der Waals surface area contributed by atoms with Crippen LogP contribution in [0, 0.1) is 9.39 Å². The van der Waals surface area contributed by atoms with Crippen molar-refractivity contribution in [3.8, 4) is 10.4 Å². The molecule has 0 radical (unpaired) electrons. The number of nitrogens with one attached hydrogen (secondary N) is 2. The van der Waals surface area contributed by atoms with Crippen LogP contribution in [-0.2, 0) is 5.75 Å². The van der Waals surface area contributed by atoms with Gasteiger partial charge in [0.25, 0.3) is 5.91 Å². The van der Waals surface area contributed by atoms with Gasteiger partial charge >= 0.3 is 0 Å². The number of thiophene rings is 1. The molecular formula is C25H18FIN4OS2. The smallest absolute Gasteiger partial charge is 0.255 e. The first-order valence-corrected chi connectivity index (χ1v) is 13.2. The molecule has 170 valence electrons. The lowest BCUT2D eigenvalue weighted by Crippen LogP contribution is -2.13. The molecule has 34 heavy (non-hydrogen) atoms. The number of H-pyrrole nitrogens is 1. The second-order valence-electron chi connectivity index (χ2n) is 7.54. The van der Waals surface area contributed by atoms with Crippen molar-refractivity contribution in [2.24, 2.45) is 0 Å². The van der Waals surface area contributed by atoms with E-state index in [1.807, 2.05) is 64.4 Å². The summed E-state index contributed by atoms with van der Waals surface area (Å²) < 4.78 is 14.3. The molecule has 0 saturated carbocycles. The Balaban J connectivity index is 1.24. The average molecular weight is 600 g/mol. The Morgan fingerprint density at radius 3 is 2.74 bits per heavy atom. The molecule has 0 spiro atoms. The zero-order chi connectivity index (χ0) is 23.7. The molecule has 0 aliphatic heterocycles.